The molecule has 98 valence electrons. The third-order valence-electron chi connectivity index (χ3n) is 2.66. The van der Waals surface area contributed by atoms with Gasteiger partial charge >= 0.3 is 0 Å². The van der Waals surface area contributed by atoms with Crippen LogP contribution in [0.1, 0.15) is 18.9 Å². The Morgan fingerprint density at radius 3 is 2.89 bits per heavy atom. The molecule has 1 atom stereocenters. The topological polar surface area (TPSA) is 54.3 Å². The standard InChI is InChI=1S/C14H20N2O2/c1-12(7-9-17-2)16-11-13-5-3-4-6-14(13)18-10-8-15/h3-6,12,16H,7,9-11H2,1-2H3. The van der Waals surface area contributed by atoms with Crippen LogP contribution in [0.25, 0.3) is 0 Å². The van der Waals surface area contributed by atoms with E-state index >= 15 is 0 Å². The molecular weight excluding hydrogens is 228 g/mol. The van der Waals surface area contributed by atoms with Crippen molar-refractivity contribution in [2.45, 2.75) is 25.9 Å². The van der Waals surface area contributed by atoms with Crippen molar-refractivity contribution in [1.29, 1.82) is 5.26 Å². The van der Waals surface area contributed by atoms with Gasteiger partial charge in [0, 0.05) is 31.9 Å². The molecule has 1 aromatic carbocycles. The van der Waals surface area contributed by atoms with Gasteiger partial charge in [0.15, 0.2) is 6.61 Å². The number of nitrogens with one attached hydrogen (secondary N) is 1. The van der Waals surface area contributed by atoms with Crippen LogP contribution in [0.15, 0.2) is 24.3 Å². The predicted molar refractivity (Wildman–Crippen MR) is 70.3 cm³/mol. The molecule has 1 unspecified atom stereocenters. The smallest absolute Gasteiger partial charge is 0.174 e. The second-order valence-electron chi connectivity index (χ2n) is 4.12. The minimum atomic E-state index is 0.0796. The molecule has 1 rings (SSSR count). The Hall–Kier alpha value is -1.57. The fourth-order valence-electron chi connectivity index (χ4n) is 1.58. The Balaban J connectivity index is 2.48. The summed E-state index contributed by atoms with van der Waals surface area (Å²) in [5.74, 6) is 0.769. The van der Waals surface area contributed by atoms with Crippen LogP contribution in [0.4, 0.5) is 0 Å². The molecular formula is C14H20N2O2. The maximum Gasteiger partial charge on any atom is 0.174 e. The summed E-state index contributed by atoms with van der Waals surface area (Å²) in [6, 6.07) is 10.1. The quantitative estimate of drug-likeness (QED) is 0.765. The summed E-state index contributed by atoms with van der Waals surface area (Å²) in [4.78, 5) is 0. The van der Waals surface area contributed by atoms with Gasteiger partial charge in [-0.15, -0.1) is 0 Å². The maximum absolute atomic E-state index is 8.53. The number of hydrogen-bond donors (Lipinski definition) is 1. The Morgan fingerprint density at radius 1 is 1.39 bits per heavy atom. The molecule has 0 saturated carbocycles. The maximum atomic E-state index is 8.53. The molecule has 1 N–H and O–H groups in total. The summed E-state index contributed by atoms with van der Waals surface area (Å²) >= 11 is 0. The van der Waals surface area contributed by atoms with Crippen LogP contribution in [0, 0.1) is 11.3 Å². The van der Waals surface area contributed by atoms with Gasteiger partial charge in [0.1, 0.15) is 11.8 Å². The molecule has 0 fully saturated rings. The van der Waals surface area contributed by atoms with Crippen molar-refractivity contribution in [3.63, 3.8) is 0 Å². The van der Waals surface area contributed by atoms with E-state index in [4.69, 9.17) is 14.7 Å². The van der Waals surface area contributed by atoms with Crippen molar-refractivity contribution < 1.29 is 9.47 Å². The van der Waals surface area contributed by atoms with Crippen LogP contribution < -0.4 is 10.1 Å². The van der Waals surface area contributed by atoms with Crippen molar-refractivity contribution in [2.75, 3.05) is 20.3 Å². The average molecular weight is 248 g/mol. The Labute approximate surface area is 109 Å². The van der Waals surface area contributed by atoms with E-state index in [-0.39, 0.29) is 6.61 Å². The monoisotopic (exact) mass is 248 g/mol. The predicted octanol–water partition coefficient (Wildman–Crippen LogP) is 2.10. The first-order valence-corrected chi connectivity index (χ1v) is 6.08. The van der Waals surface area contributed by atoms with Gasteiger partial charge in [0.2, 0.25) is 0 Å². The van der Waals surface area contributed by atoms with Crippen LogP contribution >= 0.6 is 0 Å². The van der Waals surface area contributed by atoms with Crippen LogP contribution in [0.3, 0.4) is 0 Å². The lowest BCUT2D eigenvalue weighted by Crippen LogP contribution is -2.26. The number of para-hydroxylation sites is 1. The van der Waals surface area contributed by atoms with Gasteiger partial charge < -0.3 is 14.8 Å². The fraction of sp³-hybridized carbons (Fsp3) is 0.500. The highest BCUT2D eigenvalue weighted by Gasteiger charge is 2.05. The molecule has 0 aromatic heterocycles. The summed E-state index contributed by atoms with van der Waals surface area (Å²) in [6.07, 6.45) is 0.970. The van der Waals surface area contributed by atoms with E-state index in [0.717, 1.165) is 30.9 Å². The van der Waals surface area contributed by atoms with E-state index in [1.807, 2.05) is 30.3 Å². The highest BCUT2D eigenvalue weighted by molar-refractivity contribution is 5.33. The number of methoxy groups -OCH3 is 1. The summed E-state index contributed by atoms with van der Waals surface area (Å²) in [7, 11) is 1.71. The third kappa shape index (κ3) is 5.17. The van der Waals surface area contributed by atoms with E-state index in [1.54, 1.807) is 7.11 Å². The molecule has 4 heteroatoms. The lowest BCUT2D eigenvalue weighted by atomic mass is 10.1. The summed E-state index contributed by atoms with van der Waals surface area (Å²) in [5.41, 5.74) is 1.07. The first kappa shape index (κ1) is 14.5. The lowest BCUT2D eigenvalue weighted by Gasteiger charge is -2.15. The number of rotatable bonds is 8. The Morgan fingerprint density at radius 2 is 2.17 bits per heavy atom. The van der Waals surface area contributed by atoms with E-state index in [9.17, 15) is 0 Å². The molecule has 1 aromatic rings. The minimum Gasteiger partial charge on any atom is -0.478 e. The van der Waals surface area contributed by atoms with Crippen molar-refractivity contribution >= 4 is 0 Å². The van der Waals surface area contributed by atoms with E-state index in [2.05, 4.69) is 12.2 Å². The van der Waals surface area contributed by atoms with Gasteiger partial charge in [-0.3, -0.25) is 0 Å². The minimum absolute atomic E-state index is 0.0796. The van der Waals surface area contributed by atoms with E-state index < -0.39 is 0 Å². The number of nitrogens with zero attached hydrogens (tertiary/aromatic N) is 1. The second-order valence-corrected chi connectivity index (χ2v) is 4.12. The summed E-state index contributed by atoms with van der Waals surface area (Å²) in [5, 5.41) is 11.9. The highest BCUT2D eigenvalue weighted by atomic mass is 16.5. The van der Waals surface area contributed by atoms with Gasteiger partial charge in [-0.1, -0.05) is 18.2 Å². The van der Waals surface area contributed by atoms with Gasteiger partial charge in [-0.25, -0.2) is 0 Å². The first-order valence-electron chi connectivity index (χ1n) is 6.08. The highest BCUT2D eigenvalue weighted by Crippen LogP contribution is 2.17. The first-order chi connectivity index (χ1) is 8.77. The zero-order valence-electron chi connectivity index (χ0n) is 11.0. The molecule has 0 heterocycles. The van der Waals surface area contributed by atoms with Crippen molar-refractivity contribution in [3.05, 3.63) is 29.8 Å². The van der Waals surface area contributed by atoms with Crippen molar-refractivity contribution in [2.24, 2.45) is 0 Å². The average Bonchev–Trinajstić information content (AvgIpc) is 2.41. The van der Waals surface area contributed by atoms with E-state index in [0.29, 0.717) is 6.04 Å². The zero-order valence-corrected chi connectivity index (χ0v) is 11.0. The van der Waals surface area contributed by atoms with Crippen LogP contribution in [0.2, 0.25) is 0 Å². The molecule has 0 aliphatic rings. The third-order valence-corrected chi connectivity index (χ3v) is 2.66. The number of benzene rings is 1. The van der Waals surface area contributed by atoms with Gasteiger partial charge in [0.25, 0.3) is 0 Å². The zero-order chi connectivity index (χ0) is 13.2. The molecule has 18 heavy (non-hydrogen) atoms. The van der Waals surface area contributed by atoms with Crippen molar-refractivity contribution in [3.8, 4) is 11.8 Å². The molecule has 0 bridgehead atoms. The SMILES string of the molecule is COCCC(C)NCc1ccccc1OCC#N. The van der Waals surface area contributed by atoms with Gasteiger partial charge in [0.05, 0.1) is 0 Å². The van der Waals surface area contributed by atoms with E-state index in [1.165, 1.54) is 0 Å². The number of nitriles is 1. The molecule has 0 aliphatic carbocycles. The van der Waals surface area contributed by atoms with Crippen LogP contribution in [0.5, 0.6) is 5.75 Å². The molecule has 0 spiro atoms. The van der Waals surface area contributed by atoms with Crippen molar-refractivity contribution in [1.82, 2.24) is 5.32 Å². The molecule has 0 aliphatic heterocycles. The second kappa shape index (κ2) is 8.51. The summed E-state index contributed by atoms with van der Waals surface area (Å²) < 4.78 is 10.4. The molecule has 0 amide bonds. The number of hydrogen-bond acceptors (Lipinski definition) is 4. The molecule has 4 nitrogen and oxygen atoms in total. The van der Waals surface area contributed by atoms with Crippen LogP contribution in [-0.2, 0) is 11.3 Å². The lowest BCUT2D eigenvalue weighted by molar-refractivity contribution is 0.184. The number of ether oxygens (including phenoxy) is 2. The Kier molecular flexibility index (Phi) is 6.85. The fourth-order valence-corrected chi connectivity index (χ4v) is 1.58. The van der Waals surface area contributed by atoms with Gasteiger partial charge in [-0.2, -0.15) is 5.26 Å². The largest absolute Gasteiger partial charge is 0.478 e. The molecule has 0 saturated heterocycles. The normalized spacial score (nSPS) is 11.8. The summed E-state index contributed by atoms with van der Waals surface area (Å²) in [6.45, 7) is 3.68. The molecule has 0 radical (unpaired) electrons. The van der Waals surface area contributed by atoms with Gasteiger partial charge in [-0.05, 0) is 19.4 Å². The Bertz CT molecular complexity index is 388. The van der Waals surface area contributed by atoms with Crippen LogP contribution in [-0.4, -0.2) is 26.4 Å².